The third-order valence-corrected chi connectivity index (χ3v) is 10.7. The van der Waals surface area contributed by atoms with Crippen LogP contribution in [-0.4, -0.2) is 10.5 Å². The number of aromatic nitrogens is 1. The van der Waals surface area contributed by atoms with Gasteiger partial charge in [0.05, 0.1) is 17.1 Å². The van der Waals surface area contributed by atoms with Crippen LogP contribution in [0, 0.1) is 0 Å². The maximum absolute atomic E-state index is 14.6. The lowest BCUT2D eigenvalue weighted by atomic mass is 9.80. The maximum atomic E-state index is 14.6. The van der Waals surface area contributed by atoms with Gasteiger partial charge in [0.1, 0.15) is 0 Å². The smallest absolute Gasteiger partial charge is 0.243 e. The van der Waals surface area contributed by atoms with Gasteiger partial charge < -0.3 is 0 Å². The van der Waals surface area contributed by atoms with Crippen molar-refractivity contribution in [3.63, 3.8) is 0 Å². The van der Waals surface area contributed by atoms with Crippen LogP contribution >= 0.6 is 0 Å². The first kappa shape index (κ1) is 29.4. The molecular weight excluding hydrogens is 619 g/mol. The van der Waals surface area contributed by atoms with Crippen molar-refractivity contribution in [1.29, 1.82) is 0 Å². The molecule has 2 nitrogen and oxygen atoms in total. The third kappa shape index (κ3) is 4.91. The summed E-state index contributed by atoms with van der Waals surface area (Å²) in [6, 6.07) is 62.2. The van der Waals surface area contributed by atoms with Gasteiger partial charge in [0.15, 0.2) is 0 Å². The van der Waals surface area contributed by atoms with Gasteiger partial charge >= 0.3 is 0 Å². The summed E-state index contributed by atoms with van der Waals surface area (Å²) >= 11 is 0. The monoisotopic (exact) mass is 651 g/mol. The van der Waals surface area contributed by atoms with Crippen LogP contribution in [0.4, 0.5) is 0 Å². The van der Waals surface area contributed by atoms with E-state index in [0.717, 1.165) is 56.4 Å². The molecule has 1 aromatic heterocycles. The normalized spacial score (nSPS) is 15.3. The van der Waals surface area contributed by atoms with E-state index in [0.29, 0.717) is 0 Å². The Kier molecular flexibility index (Phi) is 6.82. The van der Waals surface area contributed by atoms with Gasteiger partial charge in [-0.05, 0) is 97.5 Å². The summed E-state index contributed by atoms with van der Waals surface area (Å²) in [5.74, 6) is -0.310. The van der Waals surface area contributed by atoms with Crippen molar-refractivity contribution in [2.24, 2.45) is 0 Å². The lowest BCUT2D eigenvalue weighted by Gasteiger charge is -2.27. The zero-order valence-electron chi connectivity index (χ0n) is 28.0. The minimum atomic E-state index is -0.394. The summed E-state index contributed by atoms with van der Waals surface area (Å²) in [5, 5.41) is 1.07. The molecule has 0 amide bonds. The standard InChI is InChI=1S/C49H33NO/c51-49-48(38-17-11-16-34(27-38)33-14-5-2-6-15-33)44-21-10-9-20-43(44)47-31-40-28-35(24-25-46(40)50(47)49)36-22-23-37-29-39(26-32-12-3-1-4-13-32)41-18-7-8-19-42(41)45(37)30-36/h1-28,30-31,48H,29H2/b39-26-. The average molecular weight is 652 g/mol. The molecule has 51 heavy (non-hydrogen) atoms. The summed E-state index contributed by atoms with van der Waals surface area (Å²) in [7, 11) is 0. The first-order valence-corrected chi connectivity index (χ1v) is 17.6. The number of carbonyl (C=O) groups excluding carboxylic acids is 1. The molecule has 0 radical (unpaired) electrons. The Morgan fingerprint density at radius 3 is 2.02 bits per heavy atom. The quantitative estimate of drug-likeness (QED) is 0.186. The van der Waals surface area contributed by atoms with Crippen molar-refractivity contribution in [3.8, 4) is 44.6 Å². The summed E-state index contributed by atoms with van der Waals surface area (Å²) in [4.78, 5) is 14.6. The number of carbonyl (C=O) groups is 1. The molecule has 1 unspecified atom stereocenters. The molecule has 1 aliphatic heterocycles. The second-order valence-corrected chi connectivity index (χ2v) is 13.7. The van der Waals surface area contributed by atoms with Crippen molar-refractivity contribution in [2.45, 2.75) is 12.3 Å². The summed E-state index contributed by atoms with van der Waals surface area (Å²) in [6.45, 7) is 0. The minimum absolute atomic E-state index is 0.0846. The zero-order valence-corrected chi connectivity index (χ0v) is 28.0. The van der Waals surface area contributed by atoms with Gasteiger partial charge in [-0.3, -0.25) is 9.36 Å². The molecule has 10 rings (SSSR count). The third-order valence-electron chi connectivity index (χ3n) is 10.7. The van der Waals surface area contributed by atoms with Crippen LogP contribution in [0.25, 0.3) is 67.2 Å². The van der Waals surface area contributed by atoms with Crippen molar-refractivity contribution in [2.75, 3.05) is 0 Å². The van der Waals surface area contributed by atoms with E-state index in [1.54, 1.807) is 0 Å². The second-order valence-electron chi connectivity index (χ2n) is 13.7. The van der Waals surface area contributed by atoms with E-state index >= 15 is 0 Å². The SMILES string of the molecule is O=C1C(c2cccc(-c3ccccc3)c2)c2ccccc2-c2cc3cc(-c4ccc5c(c4)-c4ccccc4/C(=C\c4ccccc4)C5)ccc3n21. The van der Waals surface area contributed by atoms with Crippen LogP contribution < -0.4 is 0 Å². The van der Waals surface area contributed by atoms with Gasteiger partial charge in [0.2, 0.25) is 5.91 Å². The largest absolute Gasteiger partial charge is 0.279 e. The highest BCUT2D eigenvalue weighted by atomic mass is 16.2. The van der Waals surface area contributed by atoms with Crippen molar-refractivity contribution < 1.29 is 4.79 Å². The van der Waals surface area contributed by atoms with Gasteiger partial charge in [-0.25, -0.2) is 0 Å². The molecule has 240 valence electrons. The van der Waals surface area contributed by atoms with Crippen LogP contribution in [0.1, 0.15) is 38.5 Å². The van der Waals surface area contributed by atoms with E-state index in [9.17, 15) is 4.79 Å². The fourth-order valence-electron chi connectivity index (χ4n) is 8.26. The van der Waals surface area contributed by atoms with Crippen LogP contribution in [0.15, 0.2) is 176 Å². The topological polar surface area (TPSA) is 22.0 Å². The molecule has 0 bridgehead atoms. The molecule has 2 aliphatic rings. The molecule has 0 spiro atoms. The number of hydrogen-bond acceptors (Lipinski definition) is 1. The fraction of sp³-hybridized carbons (Fsp3) is 0.0408. The summed E-state index contributed by atoms with van der Waals surface area (Å²) in [6.07, 6.45) is 3.21. The highest BCUT2D eigenvalue weighted by Crippen LogP contribution is 2.45. The first-order valence-electron chi connectivity index (χ1n) is 17.6. The molecule has 0 saturated heterocycles. The number of rotatable bonds is 4. The molecular formula is C49H33NO. The van der Waals surface area contributed by atoms with Crippen LogP contribution in [-0.2, 0) is 6.42 Å². The fourth-order valence-corrected chi connectivity index (χ4v) is 8.26. The predicted octanol–water partition coefficient (Wildman–Crippen LogP) is 12.2. The lowest BCUT2D eigenvalue weighted by molar-refractivity contribution is 0.0897. The van der Waals surface area contributed by atoms with Crippen LogP contribution in [0.5, 0.6) is 0 Å². The number of benzene rings is 7. The van der Waals surface area contributed by atoms with Crippen LogP contribution in [0.2, 0.25) is 0 Å². The number of fused-ring (bicyclic) bond motifs is 8. The van der Waals surface area contributed by atoms with Crippen LogP contribution in [0.3, 0.4) is 0 Å². The Morgan fingerprint density at radius 2 is 1.18 bits per heavy atom. The van der Waals surface area contributed by atoms with E-state index in [-0.39, 0.29) is 5.91 Å². The van der Waals surface area contributed by atoms with Gasteiger partial charge in [0, 0.05) is 10.9 Å². The highest BCUT2D eigenvalue weighted by molar-refractivity contribution is 6.07. The van der Waals surface area contributed by atoms with Gasteiger partial charge in [-0.15, -0.1) is 0 Å². The van der Waals surface area contributed by atoms with E-state index < -0.39 is 5.92 Å². The molecule has 1 atom stereocenters. The molecule has 0 N–H and O–H groups in total. The lowest BCUT2D eigenvalue weighted by Crippen LogP contribution is -2.26. The van der Waals surface area contributed by atoms with Crippen molar-refractivity contribution >= 4 is 28.5 Å². The maximum Gasteiger partial charge on any atom is 0.243 e. The summed E-state index contributed by atoms with van der Waals surface area (Å²) in [5.41, 5.74) is 17.4. The second kappa shape index (κ2) is 11.8. The Morgan fingerprint density at radius 1 is 0.510 bits per heavy atom. The number of hydrogen-bond donors (Lipinski definition) is 0. The highest BCUT2D eigenvalue weighted by Gasteiger charge is 2.34. The Bertz CT molecular complexity index is 2680. The van der Waals surface area contributed by atoms with E-state index in [1.165, 1.54) is 39.0 Å². The Labute approximate surface area is 297 Å². The Balaban J connectivity index is 1.05. The predicted molar refractivity (Wildman–Crippen MR) is 211 cm³/mol. The zero-order chi connectivity index (χ0) is 33.9. The van der Waals surface area contributed by atoms with Gasteiger partial charge in [0.25, 0.3) is 0 Å². The molecule has 0 fully saturated rings. The minimum Gasteiger partial charge on any atom is -0.279 e. The molecule has 8 aromatic rings. The van der Waals surface area contributed by atoms with Gasteiger partial charge in [-0.1, -0.05) is 158 Å². The molecule has 0 saturated carbocycles. The molecule has 2 heterocycles. The summed E-state index contributed by atoms with van der Waals surface area (Å²) < 4.78 is 1.95. The van der Waals surface area contributed by atoms with E-state index in [4.69, 9.17) is 0 Å². The Hall–Kier alpha value is -6.51. The molecule has 7 aromatic carbocycles. The molecule has 1 aliphatic carbocycles. The van der Waals surface area contributed by atoms with E-state index in [2.05, 4.69) is 170 Å². The first-order chi connectivity index (χ1) is 25.2. The van der Waals surface area contributed by atoms with Gasteiger partial charge in [-0.2, -0.15) is 0 Å². The van der Waals surface area contributed by atoms with Crippen molar-refractivity contribution in [1.82, 2.24) is 4.57 Å². The molecule has 2 heteroatoms. The van der Waals surface area contributed by atoms with Crippen molar-refractivity contribution in [3.05, 3.63) is 204 Å². The van der Waals surface area contributed by atoms with E-state index in [1.807, 2.05) is 16.7 Å². The average Bonchev–Trinajstić information content (AvgIpc) is 3.59. The number of nitrogens with zero attached hydrogens (tertiary/aromatic N) is 1. The number of allylic oxidation sites excluding steroid dienone is 1.